The van der Waals surface area contributed by atoms with Crippen molar-refractivity contribution in [2.45, 2.75) is 6.04 Å². The van der Waals surface area contributed by atoms with Crippen LogP contribution in [-0.2, 0) is 9.53 Å². The van der Waals surface area contributed by atoms with E-state index in [0.29, 0.717) is 19.8 Å². The minimum Gasteiger partial charge on any atom is -0.481 e. The summed E-state index contributed by atoms with van der Waals surface area (Å²) in [4.78, 5) is 12.8. The maximum absolute atomic E-state index is 10.9. The molecule has 0 aromatic heterocycles. The molecule has 0 spiro atoms. The van der Waals surface area contributed by atoms with Gasteiger partial charge in [-0.15, -0.1) is 0 Å². The van der Waals surface area contributed by atoms with Crippen LogP contribution in [0.2, 0.25) is 0 Å². The lowest BCUT2D eigenvalue weighted by Gasteiger charge is -2.25. The summed E-state index contributed by atoms with van der Waals surface area (Å²) < 4.78 is 6.01. The van der Waals surface area contributed by atoms with Gasteiger partial charge in [-0.25, -0.2) is 0 Å². The number of nitrogens with zero attached hydrogens (tertiary/aromatic N) is 1. The van der Waals surface area contributed by atoms with Crippen molar-refractivity contribution in [1.29, 1.82) is 0 Å². The average Bonchev–Trinajstić information content (AvgIpc) is 2.49. The smallest absolute Gasteiger partial charge is 0.310 e. The first kappa shape index (κ1) is 11.7. The molecule has 2 atom stereocenters. The van der Waals surface area contributed by atoms with Gasteiger partial charge in [0.2, 0.25) is 0 Å². The van der Waals surface area contributed by atoms with E-state index >= 15 is 0 Å². The number of rotatable bonds is 4. The van der Waals surface area contributed by atoms with E-state index in [1.807, 2.05) is 11.9 Å². The number of carboxylic acid groups (broad SMARTS) is 1. The van der Waals surface area contributed by atoms with E-state index < -0.39 is 11.9 Å². The molecule has 1 aliphatic heterocycles. The summed E-state index contributed by atoms with van der Waals surface area (Å²) in [6, 6.07) is -0.0539. The Morgan fingerprint density at radius 2 is 2.36 bits per heavy atom. The molecule has 1 rings (SSSR count). The van der Waals surface area contributed by atoms with Crippen molar-refractivity contribution in [3.8, 4) is 0 Å². The fourth-order valence-corrected chi connectivity index (χ4v) is 2.00. The van der Waals surface area contributed by atoms with Crippen molar-refractivity contribution >= 4 is 21.9 Å². The Kier molecular flexibility index (Phi) is 4.10. The average molecular weight is 264 g/mol. The molecular weight excluding hydrogens is 250 g/mol. The fourth-order valence-electron chi connectivity index (χ4n) is 1.60. The van der Waals surface area contributed by atoms with Crippen molar-refractivity contribution < 1.29 is 14.6 Å². The van der Waals surface area contributed by atoms with Gasteiger partial charge in [0.1, 0.15) is 0 Å². The third kappa shape index (κ3) is 2.80. The number of aliphatic carboxylic acids is 1. The van der Waals surface area contributed by atoms with E-state index in [4.69, 9.17) is 9.84 Å². The van der Waals surface area contributed by atoms with Gasteiger partial charge in [-0.05, 0) is 7.05 Å². The van der Waals surface area contributed by atoms with E-state index in [9.17, 15) is 4.79 Å². The molecule has 80 valence electrons. The van der Waals surface area contributed by atoms with Gasteiger partial charge >= 0.3 is 5.97 Å². The molecule has 0 radical (unpaired) electrons. The van der Waals surface area contributed by atoms with Crippen LogP contribution in [0.15, 0.2) is 11.1 Å². The van der Waals surface area contributed by atoms with Crippen LogP contribution in [0.3, 0.4) is 0 Å². The summed E-state index contributed by atoms with van der Waals surface area (Å²) in [7, 11) is 1.88. The second-order valence-electron chi connectivity index (χ2n) is 3.48. The van der Waals surface area contributed by atoms with Crippen LogP contribution < -0.4 is 0 Å². The molecule has 14 heavy (non-hydrogen) atoms. The van der Waals surface area contributed by atoms with Crippen molar-refractivity contribution in [2.75, 3.05) is 26.8 Å². The Bertz CT molecular complexity index is 244. The number of carbonyl (C=O) groups is 1. The molecule has 0 amide bonds. The standard InChI is InChI=1S/C9H14BrNO3/c1-6(10)3-11(2)8-5-14-4-7(8)9(12)13/h7-8H,1,3-5H2,2H3,(H,12,13). The minimum atomic E-state index is -0.792. The van der Waals surface area contributed by atoms with Crippen molar-refractivity contribution in [3.05, 3.63) is 11.1 Å². The molecule has 1 fully saturated rings. The number of likely N-dealkylation sites (N-methyl/N-ethyl adjacent to an activating group) is 1. The quantitative estimate of drug-likeness (QED) is 0.820. The molecule has 2 unspecified atom stereocenters. The predicted molar refractivity (Wildman–Crippen MR) is 56.4 cm³/mol. The summed E-state index contributed by atoms with van der Waals surface area (Å²) in [5, 5.41) is 8.93. The second kappa shape index (κ2) is 4.91. The van der Waals surface area contributed by atoms with E-state index in [1.54, 1.807) is 0 Å². The highest BCUT2D eigenvalue weighted by Crippen LogP contribution is 2.20. The highest BCUT2D eigenvalue weighted by molar-refractivity contribution is 9.11. The largest absolute Gasteiger partial charge is 0.481 e. The molecule has 0 aromatic carbocycles. The van der Waals surface area contributed by atoms with E-state index in [0.717, 1.165) is 4.48 Å². The molecule has 0 saturated carbocycles. The predicted octanol–water partition coefficient (Wildman–Crippen LogP) is 0.926. The van der Waals surface area contributed by atoms with E-state index in [2.05, 4.69) is 22.5 Å². The summed E-state index contributed by atoms with van der Waals surface area (Å²) in [6.45, 7) is 5.14. The Labute approximate surface area is 91.7 Å². The van der Waals surface area contributed by atoms with Gasteiger partial charge in [0, 0.05) is 17.1 Å². The van der Waals surface area contributed by atoms with Gasteiger partial charge in [-0.2, -0.15) is 0 Å². The molecule has 0 aliphatic carbocycles. The number of halogens is 1. The van der Waals surface area contributed by atoms with Crippen LogP contribution in [0.25, 0.3) is 0 Å². The summed E-state index contributed by atoms with van der Waals surface area (Å²) in [5.41, 5.74) is 0. The number of carboxylic acids is 1. The number of ether oxygens (including phenoxy) is 1. The van der Waals surface area contributed by atoms with E-state index in [-0.39, 0.29) is 6.04 Å². The molecule has 1 saturated heterocycles. The van der Waals surface area contributed by atoms with Crippen LogP contribution in [0.5, 0.6) is 0 Å². The molecule has 1 aliphatic rings. The van der Waals surface area contributed by atoms with Crippen LogP contribution >= 0.6 is 15.9 Å². The van der Waals surface area contributed by atoms with Gasteiger partial charge in [0.25, 0.3) is 0 Å². The van der Waals surface area contributed by atoms with Gasteiger partial charge in [-0.3, -0.25) is 9.69 Å². The maximum Gasteiger partial charge on any atom is 0.310 e. The zero-order chi connectivity index (χ0) is 10.7. The highest BCUT2D eigenvalue weighted by atomic mass is 79.9. The second-order valence-corrected chi connectivity index (χ2v) is 4.60. The Morgan fingerprint density at radius 3 is 2.86 bits per heavy atom. The third-order valence-corrected chi connectivity index (χ3v) is 2.61. The molecule has 5 heteroatoms. The molecule has 1 heterocycles. The highest BCUT2D eigenvalue weighted by Gasteiger charge is 2.36. The van der Waals surface area contributed by atoms with Crippen molar-refractivity contribution in [2.24, 2.45) is 5.92 Å². The minimum absolute atomic E-state index is 0.0539. The molecule has 4 nitrogen and oxygen atoms in total. The lowest BCUT2D eigenvalue weighted by molar-refractivity contribution is -0.143. The SMILES string of the molecule is C=C(Br)CN(C)C1COCC1C(=O)O. The van der Waals surface area contributed by atoms with Gasteiger partial charge in [0.15, 0.2) is 0 Å². The van der Waals surface area contributed by atoms with Crippen LogP contribution in [0.1, 0.15) is 0 Å². The van der Waals surface area contributed by atoms with Gasteiger partial charge in [0.05, 0.1) is 19.1 Å². The Morgan fingerprint density at radius 1 is 1.71 bits per heavy atom. The normalized spacial score (nSPS) is 26.8. The summed E-state index contributed by atoms with van der Waals surface area (Å²) in [6.07, 6.45) is 0. The monoisotopic (exact) mass is 263 g/mol. The topological polar surface area (TPSA) is 49.8 Å². The number of hydrogen-bond donors (Lipinski definition) is 1. The molecule has 0 aromatic rings. The lowest BCUT2D eigenvalue weighted by Crippen LogP contribution is -2.41. The maximum atomic E-state index is 10.9. The van der Waals surface area contributed by atoms with Crippen molar-refractivity contribution in [3.63, 3.8) is 0 Å². The number of hydrogen-bond acceptors (Lipinski definition) is 3. The van der Waals surface area contributed by atoms with Gasteiger partial charge in [-0.1, -0.05) is 22.5 Å². The van der Waals surface area contributed by atoms with Crippen LogP contribution in [0, 0.1) is 5.92 Å². The van der Waals surface area contributed by atoms with Gasteiger partial charge < -0.3 is 9.84 Å². The molecule has 1 N–H and O–H groups in total. The van der Waals surface area contributed by atoms with E-state index in [1.165, 1.54) is 0 Å². The Hall–Kier alpha value is -0.390. The van der Waals surface area contributed by atoms with Crippen LogP contribution in [-0.4, -0.2) is 48.8 Å². The zero-order valence-electron chi connectivity index (χ0n) is 8.07. The lowest BCUT2D eigenvalue weighted by atomic mass is 10.0. The molecule has 0 bridgehead atoms. The third-order valence-electron chi connectivity index (χ3n) is 2.35. The summed E-state index contributed by atoms with van der Waals surface area (Å²) in [5.74, 6) is -1.22. The first-order valence-corrected chi connectivity index (χ1v) is 5.15. The Balaban J connectivity index is 2.57. The first-order valence-electron chi connectivity index (χ1n) is 4.36. The van der Waals surface area contributed by atoms with Crippen LogP contribution in [0.4, 0.5) is 0 Å². The first-order chi connectivity index (χ1) is 6.52. The van der Waals surface area contributed by atoms with Crippen molar-refractivity contribution in [1.82, 2.24) is 4.90 Å². The molecular formula is C9H14BrNO3. The zero-order valence-corrected chi connectivity index (χ0v) is 9.66. The summed E-state index contributed by atoms with van der Waals surface area (Å²) >= 11 is 3.25. The fraction of sp³-hybridized carbons (Fsp3) is 0.667.